The molecule has 72 valence electrons. The topological polar surface area (TPSA) is 32.3 Å². The molecule has 1 N–H and O–H groups in total. The first-order valence-electron chi connectivity index (χ1n) is 4.47. The van der Waals surface area contributed by atoms with Crippen molar-refractivity contribution >= 4 is 5.91 Å². The molecule has 0 saturated heterocycles. The van der Waals surface area contributed by atoms with E-state index in [1.165, 1.54) is 0 Å². The van der Waals surface area contributed by atoms with Crippen LogP contribution in [0.15, 0.2) is 0 Å². The Kier molecular flexibility index (Phi) is 4.24. The number of nitrogens with zero attached hydrogens (tertiary/aromatic N) is 1. The molecule has 0 aliphatic rings. The lowest BCUT2D eigenvalue weighted by atomic mass is 9.96. The summed E-state index contributed by atoms with van der Waals surface area (Å²) in [6.07, 6.45) is 0. The van der Waals surface area contributed by atoms with Gasteiger partial charge in [0.05, 0.1) is 0 Å². The van der Waals surface area contributed by atoms with E-state index >= 15 is 0 Å². The highest BCUT2D eigenvalue weighted by Crippen LogP contribution is 2.12. The van der Waals surface area contributed by atoms with Crippen molar-refractivity contribution in [2.24, 2.45) is 5.41 Å². The van der Waals surface area contributed by atoms with Gasteiger partial charge in [0.15, 0.2) is 0 Å². The number of hydrogen-bond acceptors (Lipinski definition) is 2. The van der Waals surface area contributed by atoms with Gasteiger partial charge in [0.25, 0.3) is 0 Å². The van der Waals surface area contributed by atoms with Crippen LogP contribution in [0.25, 0.3) is 0 Å². The number of carbonyl (C=O) groups excluding carboxylic acids is 1. The second-order valence-corrected chi connectivity index (χ2v) is 3.86. The monoisotopic (exact) mass is 172 g/mol. The van der Waals surface area contributed by atoms with Crippen molar-refractivity contribution in [3.63, 3.8) is 0 Å². The van der Waals surface area contributed by atoms with E-state index in [4.69, 9.17) is 0 Å². The Morgan fingerprint density at radius 3 is 1.92 bits per heavy atom. The number of hydrogen-bond donors (Lipinski definition) is 1. The van der Waals surface area contributed by atoms with E-state index in [1.807, 2.05) is 39.6 Å². The van der Waals surface area contributed by atoms with Gasteiger partial charge in [0.1, 0.15) is 0 Å². The average molecular weight is 172 g/mol. The van der Waals surface area contributed by atoms with Crippen LogP contribution in [-0.2, 0) is 4.79 Å². The van der Waals surface area contributed by atoms with E-state index in [0.717, 1.165) is 13.1 Å². The lowest BCUT2D eigenvalue weighted by Gasteiger charge is -2.25. The molecule has 0 radical (unpaired) electrons. The Labute approximate surface area is 75.1 Å². The van der Waals surface area contributed by atoms with Crippen molar-refractivity contribution in [2.45, 2.75) is 34.6 Å². The molecule has 0 unspecified atom stereocenters. The summed E-state index contributed by atoms with van der Waals surface area (Å²) in [5, 5.41) is 1.90. The van der Waals surface area contributed by atoms with Gasteiger partial charge in [0, 0.05) is 18.5 Å². The molecule has 0 spiro atoms. The maximum absolute atomic E-state index is 11.4. The predicted molar refractivity (Wildman–Crippen MR) is 50.5 cm³/mol. The third-order valence-corrected chi connectivity index (χ3v) is 1.70. The maximum Gasteiger partial charge on any atom is 0.239 e. The molecule has 0 aromatic heterocycles. The van der Waals surface area contributed by atoms with E-state index in [0.29, 0.717) is 0 Å². The minimum absolute atomic E-state index is 0.0752. The largest absolute Gasteiger partial charge is 0.288 e. The van der Waals surface area contributed by atoms with Crippen LogP contribution in [0.1, 0.15) is 34.6 Å². The number of carbonyl (C=O) groups is 1. The number of amides is 1. The molecule has 3 heteroatoms. The summed E-state index contributed by atoms with van der Waals surface area (Å²) in [6.45, 7) is 11.5. The normalized spacial score (nSPS) is 11.8. The molecule has 1 amide bonds. The second kappa shape index (κ2) is 4.45. The lowest BCUT2D eigenvalue weighted by Crippen LogP contribution is -2.46. The number of rotatable bonds is 3. The van der Waals surface area contributed by atoms with Gasteiger partial charge in [0.2, 0.25) is 5.91 Å². The molecule has 0 fully saturated rings. The summed E-state index contributed by atoms with van der Waals surface area (Å²) in [5.41, 5.74) is 2.55. The maximum atomic E-state index is 11.4. The first kappa shape index (κ1) is 11.4. The Morgan fingerprint density at radius 2 is 1.67 bits per heavy atom. The van der Waals surface area contributed by atoms with Crippen LogP contribution >= 0.6 is 0 Å². The van der Waals surface area contributed by atoms with Crippen LogP contribution in [0.2, 0.25) is 0 Å². The van der Waals surface area contributed by atoms with Gasteiger partial charge in [-0.1, -0.05) is 34.6 Å². The lowest BCUT2D eigenvalue weighted by molar-refractivity contribution is -0.133. The summed E-state index contributed by atoms with van der Waals surface area (Å²) in [6, 6.07) is 0. The summed E-state index contributed by atoms with van der Waals surface area (Å²) >= 11 is 0. The minimum atomic E-state index is -0.303. The standard InChI is InChI=1S/C9H20N2O/c1-6-11(7-2)10-8(12)9(3,4)5/h6-7H2,1-5H3,(H,10,12). The van der Waals surface area contributed by atoms with Crippen LogP contribution in [0.3, 0.4) is 0 Å². The summed E-state index contributed by atoms with van der Waals surface area (Å²) in [5.74, 6) is 0.0752. The van der Waals surface area contributed by atoms with Crippen LogP contribution < -0.4 is 5.43 Å². The molecule has 0 atom stereocenters. The van der Waals surface area contributed by atoms with Crippen molar-refractivity contribution in [3.05, 3.63) is 0 Å². The van der Waals surface area contributed by atoms with E-state index < -0.39 is 0 Å². The van der Waals surface area contributed by atoms with Crippen molar-refractivity contribution in [1.82, 2.24) is 10.4 Å². The molecule has 0 aromatic carbocycles. The molecule has 0 heterocycles. The average Bonchev–Trinajstić information content (AvgIpc) is 1.97. The molecule has 0 aliphatic carbocycles. The Bertz CT molecular complexity index is 145. The van der Waals surface area contributed by atoms with Crippen molar-refractivity contribution in [1.29, 1.82) is 0 Å². The molecule has 3 nitrogen and oxygen atoms in total. The first-order chi connectivity index (χ1) is 5.41. The highest BCUT2D eigenvalue weighted by molar-refractivity contribution is 5.80. The van der Waals surface area contributed by atoms with Crippen LogP contribution in [0.4, 0.5) is 0 Å². The molecular weight excluding hydrogens is 152 g/mol. The number of nitrogens with one attached hydrogen (secondary N) is 1. The fourth-order valence-electron chi connectivity index (χ4n) is 0.693. The minimum Gasteiger partial charge on any atom is -0.288 e. The zero-order valence-electron chi connectivity index (χ0n) is 8.77. The van der Waals surface area contributed by atoms with Crippen LogP contribution in [-0.4, -0.2) is 24.0 Å². The fraction of sp³-hybridized carbons (Fsp3) is 0.889. The van der Waals surface area contributed by atoms with E-state index in [2.05, 4.69) is 5.43 Å². The van der Waals surface area contributed by atoms with E-state index in [1.54, 1.807) is 0 Å². The molecule has 0 bridgehead atoms. The van der Waals surface area contributed by atoms with Gasteiger partial charge in [-0.15, -0.1) is 0 Å². The molecule has 0 aromatic rings. The third-order valence-electron chi connectivity index (χ3n) is 1.70. The van der Waals surface area contributed by atoms with Gasteiger partial charge in [-0.2, -0.15) is 0 Å². The smallest absolute Gasteiger partial charge is 0.239 e. The Hall–Kier alpha value is -0.570. The van der Waals surface area contributed by atoms with Gasteiger partial charge in [-0.25, -0.2) is 5.01 Å². The van der Waals surface area contributed by atoms with Crippen molar-refractivity contribution < 1.29 is 4.79 Å². The molecule has 0 rings (SSSR count). The van der Waals surface area contributed by atoms with Gasteiger partial charge in [-0.05, 0) is 0 Å². The van der Waals surface area contributed by atoms with Gasteiger partial charge < -0.3 is 0 Å². The third kappa shape index (κ3) is 3.72. The van der Waals surface area contributed by atoms with Crippen molar-refractivity contribution in [3.8, 4) is 0 Å². The highest BCUT2D eigenvalue weighted by atomic mass is 16.2. The van der Waals surface area contributed by atoms with Crippen LogP contribution in [0, 0.1) is 5.41 Å². The second-order valence-electron chi connectivity index (χ2n) is 3.86. The Balaban J connectivity index is 3.99. The predicted octanol–water partition coefficient (Wildman–Crippen LogP) is 1.41. The SMILES string of the molecule is CCN(CC)NC(=O)C(C)(C)C. The summed E-state index contributed by atoms with van der Waals surface area (Å²) < 4.78 is 0. The Morgan fingerprint density at radius 1 is 1.25 bits per heavy atom. The van der Waals surface area contributed by atoms with E-state index in [-0.39, 0.29) is 11.3 Å². The zero-order chi connectivity index (χ0) is 9.78. The molecular formula is C9H20N2O. The molecule has 0 aliphatic heterocycles. The summed E-state index contributed by atoms with van der Waals surface area (Å²) in [7, 11) is 0. The van der Waals surface area contributed by atoms with E-state index in [9.17, 15) is 4.79 Å². The molecule has 0 saturated carbocycles. The quantitative estimate of drug-likeness (QED) is 0.653. The molecule has 12 heavy (non-hydrogen) atoms. The first-order valence-corrected chi connectivity index (χ1v) is 4.47. The fourth-order valence-corrected chi connectivity index (χ4v) is 0.693. The summed E-state index contributed by atoms with van der Waals surface area (Å²) in [4.78, 5) is 11.4. The highest BCUT2D eigenvalue weighted by Gasteiger charge is 2.22. The van der Waals surface area contributed by atoms with Gasteiger partial charge in [-0.3, -0.25) is 10.2 Å². The zero-order valence-corrected chi connectivity index (χ0v) is 8.77. The number of hydrazine groups is 1. The van der Waals surface area contributed by atoms with Crippen LogP contribution in [0.5, 0.6) is 0 Å². The van der Waals surface area contributed by atoms with Gasteiger partial charge >= 0.3 is 0 Å². The van der Waals surface area contributed by atoms with Crippen molar-refractivity contribution in [2.75, 3.05) is 13.1 Å².